The Morgan fingerprint density at radius 2 is 2.00 bits per heavy atom. The Labute approximate surface area is 141 Å². The van der Waals surface area contributed by atoms with E-state index in [1.54, 1.807) is 18.2 Å². The van der Waals surface area contributed by atoms with Gasteiger partial charge in [0.1, 0.15) is 0 Å². The molecule has 0 radical (unpaired) electrons. The van der Waals surface area contributed by atoms with Gasteiger partial charge in [0.25, 0.3) is 5.69 Å². The number of hydrogen-bond donors (Lipinski definition) is 1. The summed E-state index contributed by atoms with van der Waals surface area (Å²) in [5.74, 6) is -0.263. The summed E-state index contributed by atoms with van der Waals surface area (Å²) in [6, 6.07) is 6.49. The van der Waals surface area contributed by atoms with Crippen LogP contribution in [0.3, 0.4) is 0 Å². The summed E-state index contributed by atoms with van der Waals surface area (Å²) in [5.41, 5.74) is 0.391. The topological polar surface area (TPSA) is 84.7 Å². The van der Waals surface area contributed by atoms with Crippen LogP contribution in [0.15, 0.2) is 30.3 Å². The number of nitrogens with one attached hydrogen (secondary N) is 1. The highest BCUT2D eigenvalue weighted by molar-refractivity contribution is 5.92. The summed E-state index contributed by atoms with van der Waals surface area (Å²) in [4.78, 5) is 24.9. The molecule has 1 amide bonds. The highest BCUT2D eigenvalue weighted by Gasteiger charge is 2.22. The van der Waals surface area contributed by atoms with Crippen molar-refractivity contribution in [3.05, 3.63) is 46.0 Å². The summed E-state index contributed by atoms with van der Waals surface area (Å²) < 4.78 is 5.33. The summed E-state index contributed by atoms with van der Waals surface area (Å²) in [7, 11) is 0. The average molecular weight is 333 g/mol. The predicted molar refractivity (Wildman–Crippen MR) is 91.6 cm³/mol. The maximum atomic E-state index is 12.1. The van der Waals surface area contributed by atoms with Gasteiger partial charge in [-0.2, -0.15) is 0 Å². The van der Waals surface area contributed by atoms with Crippen LogP contribution in [-0.4, -0.2) is 54.1 Å². The van der Waals surface area contributed by atoms with Crippen molar-refractivity contribution in [1.29, 1.82) is 0 Å². The van der Waals surface area contributed by atoms with Gasteiger partial charge in [-0.1, -0.05) is 12.1 Å². The highest BCUT2D eigenvalue weighted by atomic mass is 16.6. The van der Waals surface area contributed by atoms with Crippen molar-refractivity contribution in [2.45, 2.75) is 25.9 Å². The number of rotatable bonds is 6. The van der Waals surface area contributed by atoms with Gasteiger partial charge in [0.05, 0.1) is 23.7 Å². The van der Waals surface area contributed by atoms with Crippen molar-refractivity contribution in [1.82, 2.24) is 10.2 Å². The predicted octanol–water partition coefficient (Wildman–Crippen LogP) is 1.83. The molecule has 1 aromatic rings. The van der Waals surface area contributed by atoms with Gasteiger partial charge in [-0.05, 0) is 26.0 Å². The van der Waals surface area contributed by atoms with E-state index < -0.39 is 4.92 Å². The minimum absolute atomic E-state index is 0.0173. The Kier molecular flexibility index (Phi) is 6.45. The van der Waals surface area contributed by atoms with E-state index in [0.29, 0.717) is 18.8 Å². The van der Waals surface area contributed by atoms with Crippen LogP contribution in [0.1, 0.15) is 19.4 Å². The van der Waals surface area contributed by atoms with E-state index >= 15 is 0 Å². The molecule has 1 heterocycles. The molecule has 1 saturated heterocycles. The van der Waals surface area contributed by atoms with Crippen LogP contribution < -0.4 is 5.32 Å². The van der Waals surface area contributed by atoms with Crippen molar-refractivity contribution < 1.29 is 14.5 Å². The lowest BCUT2D eigenvalue weighted by Crippen LogP contribution is -2.51. The Balaban J connectivity index is 1.93. The monoisotopic (exact) mass is 333 g/mol. The zero-order valence-electron chi connectivity index (χ0n) is 14.0. The molecule has 1 N–H and O–H groups in total. The second kappa shape index (κ2) is 8.56. The first-order chi connectivity index (χ1) is 11.5. The SMILES string of the molecule is CC(NC(=O)C=Cc1ccccc1[N+](=O)[O-])C(C)N1CCOCC1. The van der Waals surface area contributed by atoms with Crippen LogP contribution in [0, 0.1) is 10.1 Å². The number of nitro benzene ring substituents is 1. The molecule has 24 heavy (non-hydrogen) atoms. The lowest BCUT2D eigenvalue weighted by Gasteiger charge is -2.35. The fourth-order valence-corrected chi connectivity index (χ4v) is 2.65. The summed E-state index contributed by atoms with van der Waals surface area (Å²) >= 11 is 0. The second-order valence-electron chi connectivity index (χ2n) is 5.84. The number of nitro groups is 1. The van der Waals surface area contributed by atoms with E-state index in [2.05, 4.69) is 17.1 Å². The van der Waals surface area contributed by atoms with Crippen LogP contribution >= 0.6 is 0 Å². The number of nitrogens with zero attached hydrogens (tertiary/aromatic N) is 2. The number of ether oxygens (including phenoxy) is 1. The molecule has 0 bridgehead atoms. The Morgan fingerprint density at radius 3 is 2.67 bits per heavy atom. The molecule has 2 rings (SSSR count). The lowest BCUT2D eigenvalue weighted by molar-refractivity contribution is -0.385. The standard InChI is InChI=1S/C17H23N3O4/c1-13(14(2)19-9-11-24-12-10-19)18-17(21)8-7-15-5-3-4-6-16(15)20(22)23/h3-8,13-14H,9-12H2,1-2H3,(H,18,21). The van der Waals surface area contributed by atoms with Gasteiger partial charge in [0, 0.05) is 37.3 Å². The molecule has 1 aromatic carbocycles. The molecule has 1 fully saturated rings. The first kappa shape index (κ1) is 18.1. The molecule has 1 aliphatic rings. The maximum Gasteiger partial charge on any atom is 0.276 e. The van der Waals surface area contributed by atoms with Crippen LogP contribution in [0.4, 0.5) is 5.69 Å². The van der Waals surface area contributed by atoms with Crippen molar-refractivity contribution in [3.8, 4) is 0 Å². The highest BCUT2D eigenvalue weighted by Crippen LogP contribution is 2.18. The molecule has 7 heteroatoms. The Hall–Kier alpha value is -2.25. The number of morpholine rings is 1. The van der Waals surface area contributed by atoms with E-state index in [9.17, 15) is 14.9 Å². The molecule has 130 valence electrons. The summed E-state index contributed by atoms with van der Waals surface area (Å²) in [5, 5.41) is 13.9. The number of para-hydroxylation sites is 1. The van der Waals surface area contributed by atoms with E-state index in [1.165, 1.54) is 18.2 Å². The Morgan fingerprint density at radius 1 is 1.33 bits per heavy atom. The molecule has 0 aliphatic carbocycles. The van der Waals surface area contributed by atoms with Gasteiger partial charge in [-0.25, -0.2) is 0 Å². The largest absolute Gasteiger partial charge is 0.379 e. The molecule has 2 atom stereocenters. The third-order valence-corrected chi connectivity index (χ3v) is 4.26. The third kappa shape index (κ3) is 4.87. The molecular formula is C17H23N3O4. The Bertz CT molecular complexity index is 612. The average Bonchev–Trinajstić information content (AvgIpc) is 2.60. The number of hydrogen-bond acceptors (Lipinski definition) is 5. The summed E-state index contributed by atoms with van der Waals surface area (Å²) in [6.07, 6.45) is 2.81. The van der Waals surface area contributed by atoms with Crippen molar-refractivity contribution in [3.63, 3.8) is 0 Å². The van der Waals surface area contributed by atoms with Gasteiger partial charge in [-0.15, -0.1) is 0 Å². The number of carbonyl (C=O) groups is 1. The second-order valence-corrected chi connectivity index (χ2v) is 5.84. The molecular weight excluding hydrogens is 310 g/mol. The molecule has 2 unspecified atom stereocenters. The van der Waals surface area contributed by atoms with Gasteiger partial charge < -0.3 is 10.1 Å². The van der Waals surface area contributed by atoms with E-state index in [0.717, 1.165) is 13.1 Å². The van der Waals surface area contributed by atoms with Crippen LogP contribution in [0.5, 0.6) is 0 Å². The molecule has 0 saturated carbocycles. The maximum absolute atomic E-state index is 12.1. The summed E-state index contributed by atoms with van der Waals surface area (Å²) in [6.45, 7) is 7.16. The minimum atomic E-state index is -0.458. The zero-order chi connectivity index (χ0) is 17.5. The van der Waals surface area contributed by atoms with Crippen molar-refractivity contribution >= 4 is 17.7 Å². The van der Waals surface area contributed by atoms with E-state index in [-0.39, 0.29) is 23.7 Å². The van der Waals surface area contributed by atoms with Gasteiger partial charge >= 0.3 is 0 Å². The molecule has 1 aliphatic heterocycles. The van der Waals surface area contributed by atoms with E-state index in [1.807, 2.05) is 6.92 Å². The van der Waals surface area contributed by atoms with Crippen LogP contribution in [0.25, 0.3) is 6.08 Å². The normalized spacial score (nSPS) is 18.2. The molecule has 0 spiro atoms. The van der Waals surface area contributed by atoms with Crippen molar-refractivity contribution in [2.24, 2.45) is 0 Å². The number of benzene rings is 1. The lowest BCUT2D eigenvalue weighted by atomic mass is 10.1. The number of amides is 1. The quantitative estimate of drug-likeness (QED) is 0.488. The third-order valence-electron chi connectivity index (χ3n) is 4.26. The smallest absolute Gasteiger partial charge is 0.276 e. The zero-order valence-corrected chi connectivity index (χ0v) is 14.0. The van der Waals surface area contributed by atoms with Gasteiger partial charge in [0.2, 0.25) is 5.91 Å². The van der Waals surface area contributed by atoms with Crippen LogP contribution in [-0.2, 0) is 9.53 Å². The first-order valence-corrected chi connectivity index (χ1v) is 8.03. The van der Waals surface area contributed by atoms with Crippen LogP contribution in [0.2, 0.25) is 0 Å². The fourth-order valence-electron chi connectivity index (χ4n) is 2.65. The molecule has 7 nitrogen and oxygen atoms in total. The fraction of sp³-hybridized carbons (Fsp3) is 0.471. The number of carbonyl (C=O) groups excluding carboxylic acids is 1. The minimum Gasteiger partial charge on any atom is -0.379 e. The van der Waals surface area contributed by atoms with Crippen molar-refractivity contribution in [2.75, 3.05) is 26.3 Å². The van der Waals surface area contributed by atoms with E-state index in [4.69, 9.17) is 4.74 Å². The molecule has 0 aromatic heterocycles. The first-order valence-electron chi connectivity index (χ1n) is 8.03. The van der Waals surface area contributed by atoms with Gasteiger partial charge in [0.15, 0.2) is 0 Å². The van der Waals surface area contributed by atoms with Gasteiger partial charge in [-0.3, -0.25) is 19.8 Å².